The monoisotopic (exact) mass is 451 g/mol. The van der Waals surface area contributed by atoms with Gasteiger partial charge in [-0.15, -0.1) is 0 Å². The predicted molar refractivity (Wildman–Crippen MR) is 133 cm³/mol. The highest BCUT2D eigenvalue weighted by molar-refractivity contribution is 7.80. The Kier molecular flexibility index (Phi) is 6.60. The highest BCUT2D eigenvalue weighted by Gasteiger charge is 2.22. The van der Waals surface area contributed by atoms with Gasteiger partial charge in [-0.1, -0.05) is 26.0 Å². The Morgan fingerprint density at radius 2 is 1.72 bits per heavy atom. The summed E-state index contributed by atoms with van der Waals surface area (Å²) in [7, 11) is 3.26. The van der Waals surface area contributed by atoms with Gasteiger partial charge in [0.05, 0.1) is 19.7 Å². The number of nitrogens with zero attached hydrogens (tertiary/aromatic N) is 4. The van der Waals surface area contributed by atoms with Crippen LogP contribution in [0.25, 0.3) is 10.9 Å². The minimum Gasteiger partial charge on any atom is -0.493 e. The number of anilines is 2. The third-order valence-electron chi connectivity index (χ3n) is 5.79. The predicted octanol–water partition coefficient (Wildman–Crippen LogP) is 4.29. The Labute approximate surface area is 194 Å². The van der Waals surface area contributed by atoms with Crippen LogP contribution < -0.4 is 19.7 Å². The molecular weight excluding hydrogens is 422 g/mol. The van der Waals surface area contributed by atoms with E-state index in [1.165, 1.54) is 5.56 Å². The number of rotatable bonds is 5. The van der Waals surface area contributed by atoms with Gasteiger partial charge in [0.2, 0.25) is 0 Å². The summed E-state index contributed by atoms with van der Waals surface area (Å²) >= 11 is 5.70. The molecule has 0 atom stereocenters. The van der Waals surface area contributed by atoms with Crippen LogP contribution in [0.4, 0.5) is 11.5 Å². The first-order valence-electron chi connectivity index (χ1n) is 10.8. The van der Waals surface area contributed by atoms with Crippen LogP contribution in [0.15, 0.2) is 42.7 Å². The average molecular weight is 452 g/mol. The van der Waals surface area contributed by atoms with Crippen LogP contribution in [0.5, 0.6) is 11.5 Å². The van der Waals surface area contributed by atoms with Gasteiger partial charge in [0, 0.05) is 43.3 Å². The maximum atomic E-state index is 5.70. The van der Waals surface area contributed by atoms with Gasteiger partial charge in [-0.3, -0.25) is 0 Å². The average Bonchev–Trinajstić information content (AvgIpc) is 2.83. The molecule has 0 saturated carbocycles. The van der Waals surface area contributed by atoms with E-state index >= 15 is 0 Å². The molecule has 2 aromatic carbocycles. The zero-order valence-corrected chi connectivity index (χ0v) is 19.8. The molecule has 0 radical (unpaired) electrons. The van der Waals surface area contributed by atoms with Crippen molar-refractivity contribution in [2.75, 3.05) is 50.6 Å². The van der Waals surface area contributed by atoms with E-state index in [2.05, 4.69) is 63.2 Å². The minimum absolute atomic E-state index is 0.482. The van der Waals surface area contributed by atoms with Crippen molar-refractivity contribution in [3.63, 3.8) is 0 Å². The lowest BCUT2D eigenvalue weighted by Gasteiger charge is -2.37. The van der Waals surface area contributed by atoms with Gasteiger partial charge in [0.25, 0.3) is 0 Å². The number of hydrogen-bond acceptors (Lipinski definition) is 6. The van der Waals surface area contributed by atoms with Crippen LogP contribution in [0, 0.1) is 0 Å². The molecule has 0 amide bonds. The molecular formula is C24H29N5O2S. The van der Waals surface area contributed by atoms with E-state index in [9.17, 15) is 0 Å². The number of nitrogens with one attached hydrogen (secondary N) is 1. The van der Waals surface area contributed by atoms with Gasteiger partial charge in [-0.2, -0.15) is 0 Å². The van der Waals surface area contributed by atoms with Gasteiger partial charge in [0.15, 0.2) is 16.6 Å². The molecule has 1 aliphatic rings. The summed E-state index contributed by atoms with van der Waals surface area (Å²) in [6.45, 7) is 7.64. The fourth-order valence-electron chi connectivity index (χ4n) is 3.92. The summed E-state index contributed by atoms with van der Waals surface area (Å²) in [5, 5.41) is 5.10. The molecule has 1 aromatic heterocycles. The molecule has 0 aliphatic carbocycles. The number of hydrogen-bond donors (Lipinski definition) is 1. The molecule has 1 fully saturated rings. The van der Waals surface area contributed by atoms with Gasteiger partial charge in [-0.25, -0.2) is 9.97 Å². The molecule has 7 nitrogen and oxygen atoms in total. The number of ether oxygens (including phenoxy) is 2. The van der Waals surface area contributed by atoms with Gasteiger partial charge >= 0.3 is 0 Å². The number of benzene rings is 2. The third kappa shape index (κ3) is 4.55. The van der Waals surface area contributed by atoms with Crippen molar-refractivity contribution in [1.29, 1.82) is 0 Å². The highest BCUT2D eigenvalue weighted by atomic mass is 32.1. The topological polar surface area (TPSA) is 62.8 Å². The van der Waals surface area contributed by atoms with Crippen molar-refractivity contribution >= 4 is 39.7 Å². The second-order valence-electron chi connectivity index (χ2n) is 8.11. The van der Waals surface area contributed by atoms with Crippen molar-refractivity contribution < 1.29 is 9.47 Å². The quantitative estimate of drug-likeness (QED) is 0.577. The van der Waals surface area contributed by atoms with Crippen LogP contribution in [0.3, 0.4) is 0 Å². The van der Waals surface area contributed by atoms with Gasteiger partial charge in [0.1, 0.15) is 12.1 Å². The first-order chi connectivity index (χ1) is 15.5. The number of thiocarbonyl (C=S) groups is 1. The van der Waals surface area contributed by atoms with Crippen LogP contribution >= 0.6 is 12.2 Å². The maximum absolute atomic E-state index is 5.70. The van der Waals surface area contributed by atoms with Crippen molar-refractivity contribution in [2.45, 2.75) is 19.8 Å². The molecule has 3 aromatic rings. The van der Waals surface area contributed by atoms with Crippen molar-refractivity contribution in [1.82, 2.24) is 14.9 Å². The molecule has 168 valence electrons. The standard InChI is InChI=1S/C24H29N5O2S/c1-16(2)17-6-5-7-18(12-17)27-24(32)29-10-8-28(9-11-29)23-19-13-21(30-3)22(31-4)14-20(19)25-15-26-23/h5-7,12-16H,8-11H2,1-4H3,(H,27,32). The van der Waals surface area contributed by atoms with Crippen LogP contribution in [-0.4, -0.2) is 60.4 Å². The van der Waals surface area contributed by atoms with Crippen LogP contribution in [0.2, 0.25) is 0 Å². The first kappa shape index (κ1) is 22.1. The fraction of sp³-hybridized carbons (Fsp3) is 0.375. The number of piperazine rings is 1. The molecule has 1 saturated heterocycles. The smallest absolute Gasteiger partial charge is 0.173 e. The lowest BCUT2D eigenvalue weighted by Crippen LogP contribution is -2.50. The normalized spacial score (nSPS) is 14.0. The van der Waals surface area contributed by atoms with Crippen LogP contribution in [0.1, 0.15) is 25.3 Å². The maximum Gasteiger partial charge on any atom is 0.173 e. The summed E-state index contributed by atoms with van der Waals surface area (Å²) in [6, 6.07) is 12.3. The molecule has 32 heavy (non-hydrogen) atoms. The number of fused-ring (bicyclic) bond motifs is 1. The minimum atomic E-state index is 0.482. The highest BCUT2D eigenvalue weighted by Crippen LogP contribution is 2.35. The Hall–Kier alpha value is -3.13. The van der Waals surface area contributed by atoms with Crippen LogP contribution in [-0.2, 0) is 0 Å². The molecule has 1 aliphatic heterocycles. The Morgan fingerprint density at radius 3 is 2.41 bits per heavy atom. The van der Waals surface area contributed by atoms with Crippen molar-refractivity contribution in [3.8, 4) is 11.5 Å². The molecule has 2 heterocycles. The van der Waals surface area contributed by atoms with E-state index in [1.807, 2.05) is 12.1 Å². The molecule has 0 bridgehead atoms. The molecule has 1 N–H and O–H groups in total. The SMILES string of the molecule is COc1cc2ncnc(N3CCN(C(=S)Nc4cccc(C(C)C)c4)CC3)c2cc1OC. The number of methoxy groups -OCH3 is 2. The molecule has 4 rings (SSSR count). The zero-order chi connectivity index (χ0) is 22.7. The lowest BCUT2D eigenvalue weighted by atomic mass is 10.0. The fourth-order valence-corrected chi connectivity index (χ4v) is 4.22. The zero-order valence-electron chi connectivity index (χ0n) is 19.0. The van der Waals surface area contributed by atoms with E-state index in [4.69, 9.17) is 21.7 Å². The second-order valence-corrected chi connectivity index (χ2v) is 8.49. The number of aromatic nitrogens is 2. The van der Waals surface area contributed by atoms with Crippen molar-refractivity contribution in [3.05, 3.63) is 48.3 Å². The van der Waals surface area contributed by atoms with E-state index in [1.54, 1.807) is 20.5 Å². The summed E-state index contributed by atoms with van der Waals surface area (Å²) in [5.74, 6) is 2.71. The first-order valence-corrected chi connectivity index (χ1v) is 11.2. The van der Waals surface area contributed by atoms with Gasteiger partial charge < -0.3 is 24.6 Å². The van der Waals surface area contributed by atoms with Crippen molar-refractivity contribution in [2.24, 2.45) is 0 Å². The van der Waals surface area contributed by atoms with E-state index in [0.717, 1.165) is 53.7 Å². The Morgan fingerprint density at radius 1 is 1.00 bits per heavy atom. The summed E-state index contributed by atoms with van der Waals surface area (Å²) < 4.78 is 10.9. The summed E-state index contributed by atoms with van der Waals surface area (Å²) in [4.78, 5) is 13.5. The molecule has 0 spiro atoms. The third-order valence-corrected chi connectivity index (χ3v) is 6.15. The molecule has 0 unspecified atom stereocenters. The van der Waals surface area contributed by atoms with E-state index in [-0.39, 0.29) is 0 Å². The van der Waals surface area contributed by atoms with E-state index < -0.39 is 0 Å². The largest absolute Gasteiger partial charge is 0.493 e. The molecule has 8 heteroatoms. The summed E-state index contributed by atoms with van der Waals surface area (Å²) in [5.41, 5.74) is 3.16. The Balaban J connectivity index is 1.46. The Bertz CT molecular complexity index is 1110. The lowest BCUT2D eigenvalue weighted by molar-refractivity contribution is 0.355. The van der Waals surface area contributed by atoms with Gasteiger partial charge in [-0.05, 0) is 41.9 Å². The van der Waals surface area contributed by atoms with E-state index in [0.29, 0.717) is 17.4 Å². The second kappa shape index (κ2) is 9.56. The summed E-state index contributed by atoms with van der Waals surface area (Å²) in [6.07, 6.45) is 1.60.